The minimum Gasteiger partial charge on any atom is -0.489 e. The zero-order chi connectivity index (χ0) is 13.8. The summed E-state index contributed by atoms with van der Waals surface area (Å²) in [7, 11) is 0. The van der Waals surface area contributed by atoms with Gasteiger partial charge in [0.2, 0.25) is 0 Å². The normalized spacial score (nSPS) is 12.2. The first-order chi connectivity index (χ1) is 9.08. The average molecular weight is 281 g/mol. The summed E-state index contributed by atoms with van der Waals surface area (Å²) >= 11 is 5.84. The fourth-order valence-corrected chi connectivity index (χ4v) is 1.84. The molecule has 0 saturated heterocycles. The van der Waals surface area contributed by atoms with Gasteiger partial charge in [-0.1, -0.05) is 35.9 Å². The van der Waals surface area contributed by atoms with Crippen LogP contribution in [0.2, 0.25) is 5.02 Å². The summed E-state index contributed by atoms with van der Waals surface area (Å²) in [4.78, 5) is 0. The van der Waals surface area contributed by atoms with E-state index in [-0.39, 0.29) is 11.6 Å². The first-order valence-electron chi connectivity index (χ1n) is 5.91. The van der Waals surface area contributed by atoms with Crippen molar-refractivity contribution in [2.45, 2.75) is 19.6 Å². The summed E-state index contributed by atoms with van der Waals surface area (Å²) in [6.07, 6.45) is -0.508. The van der Waals surface area contributed by atoms with Crippen molar-refractivity contribution in [3.8, 4) is 5.75 Å². The van der Waals surface area contributed by atoms with E-state index < -0.39 is 11.9 Å². The fourth-order valence-electron chi connectivity index (χ4n) is 1.66. The highest BCUT2D eigenvalue weighted by atomic mass is 35.5. The van der Waals surface area contributed by atoms with Gasteiger partial charge < -0.3 is 9.84 Å². The van der Waals surface area contributed by atoms with E-state index in [0.717, 1.165) is 5.56 Å². The Hall–Kier alpha value is -1.58. The van der Waals surface area contributed by atoms with Gasteiger partial charge in [0.05, 0.1) is 11.1 Å². The van der Waals surface area contributed by atoms with Crippen LogP contribution in [-0.4, -0.2) is 5.11 Å². The van der Waals surface area contributed by atoms with Gasteiger partial charge in [0.15, 0.2) is 0 Å². The number of rotatable bonds is 4. The van der Waals surface area contributed by atoms with Crippen LogP contribution in [0.25, 0.3) is 0 Å². The predicted octanol–water partition coefficient (Wildman–Crippen LogP) is 4.11. The SMILES string of the molecule is CC(O)c1ccc(OCc2cccc(F)c2Cl)cc1. The van der Waals surface area contributed by atoms with Gasteiger partial charge >= 0.3 is 0 Å². The number of benzene rings is 2. The lowest BCUT2D eigenvalue weighted by molar-refractivity contribution is 0.199. The van der Waals surface area contributed by atoms with E-state index in [1.165, 1.54) is 6.07 Å². The van der Waals surface area contributed by atoms with Gasteiger partial charge in [-0.05, 0) is 30.7 Å². The fraction of sp³-hybridized carbons (Fsp3) is 0.200. The van der Waals surface area contributed by atoms with Crippen LogP contribution in [0.1, 0.15) is 24.2 Å². The second-order valence-corrected chi connectivity index (χ2v) is 4.62. The maximum Gasteiger partial charge on any atom is 0.142 e. The van der Waals surface area contributed by atoms with E-state index >= 15 is 0 Å². The molecule has 2 aromatic carbocycles. The molecule has 0 saturated carbocycles. The van der Waals surface area contributed by atoms with Crippen LogP contribution in [0.4, 0.5) is 4.39 Å². The van der Waals surface area contributed by atoms with Gasteiger partial charge in [-0.25, -0.2) is 4.39 Å². The highest BCUT2D eigenvalue weighted by molar-refractivity contribution is 6.31. The Morgan fingerprint density at radius 2 is 1.89 bits per heavy atom. The number of aliphatic hydroxyl groups is 1. The number of aliphatic hydroxyl groups excluding tert-OH is 1. The lowest BCUT2D eigenvalue weighted by atomic mass is 10.1. The molecule has 2 nitrogen and oxygen atoms in total. The first-order valence-corrected chi connectivity index (χ1v) is 6.29. The van der Waals surface area contributed by atoms with E-state index in [4.69, 9.17) is 16.3 Å². The largest absolute Gasteiger partial charge is 0.489 e. The minimum atomic E-state index is -0.508. The number of hydrogen-bond donors (Lipinski definition) is 1. The molecule has 0 aliphatic heterocycles. The van der Waals surface area contributed by atoms with Gasteiger partial charge in [-0.2, -0.15) is 0 Å². The second kappa shape index (κ2) is 6.04. The first kappa shape index (κ1) is 13.8. The maximum absolute atomic E-state index is 13.2. The monoisotopic (exact) mass is 280 g/mol. The Labute approximate surface area is 116 Å². The number of halogens is 2. The van der Waals surface area contributed by atoms with Crippen molar-refractivity contribution in [1.29, 1.82) is 0 Å². The molecule has 0 spiro atoms. The molecule has 0 radical (unpaired) electrons. The van der Waals surface area contributed by atoms with Crippen molar-refractivity contribution in [2.75, 3.05) is 0 Å². The Kier molecular flexibility index (Phi) is 4.40. The highest BCUT2D eigenvalue weighted by Crippen LogP contribution is 2.22. The molecule has 0 bridgehead atoms. The van der Waals surface area contributed by atoms with Crippen LogP contribution in [0, 0.1) is 5.82 Å². The van der Waals surface area contributed by atoms with Gasteiger partial charge in [0, 0.05) is 5.56 Å². The zero-order valence-electron chi connectivity index (χ0n) is 10.4. The molecule has 4 heteroatoms. The molecule has 0 heterocycles. The molecule has 1 N–H and O–H groups in total. The Morgan fingerprint density at radius 1 is 1.21 bits per heavy atom. The quantitative estimate of drug-likeness (QED) is 0.913. The standard InChI is InChI=1S/C15H14ClFO2/c1-10(18)11-5-7-13(8-6-11)19-9-12-3-2-4-14(17)15(12)16/h2-8,10,18H,9H2,1H3. The number of ether oxygens (including phenoxy) is 1. The third-order valence-corrected chi connectivity index (χ3v) is 3.21. The third kappa shape index (κ3) is 3.46. The smallest absolute Gasteiger partial charge is 0.142 e. The van der Waals surface area contributed by atoms with Crippen molar-refractivity contribution in [3.63, 3.8) is 0 Å². The summed E-state index contributed by atoms with van der Waals surface area (Å²) in [6.45, 7) is 1.90. The highest BCUT2D eigenvalue weighted by Gasteiger charge is 2.06. The maximum atomic E-state index is 13.2. The van der Waals surface area contributed by atoms with Crippen LogP contribution in [-0.2, 0) is 6.61 Å². The second-order valence-electron chi connectivity index (χ2n) is 4.25. The van der Waals surface area contributed by atoms with E-state index in [2.05, 4.69) is 0 Å². The summed E-state index contributed by atoms with van der Waals surface area (Å²) in [5, 5.41) is 9.48. The third-order valence-electron chi connectivity index (χ3n) is 2.79. The van der Waals surface area contributed by atoms with Crippen LogP contribution in [0.15, 0.2) is 42.5 Å². The number of hydrogen-bond acceptors (Lipinski definition) is 2. The molecule has 1 atom stereocenters. The molecule has 0 aromatic heterocycles. The molecule has 0 amide bonds. The Morgan fingerprint density at radius 3 is 2.53 bits per heavy atom. The van der Waals surface area contributed by atoms with Gasteiger partial charge in [-0.3, -0.25) is 0 Å². The molecule has 0 aliphatic rings. The van der Waals surface area contributed by atoms with E-state index in [0.29, 0.717) is 11.3 Å². The van der Waals surface area contributed by atoms with Crippen molar-refractivity contribution in [1.82, 2.24) is 0 Å². The lowest BCUT2D eigenvalue weighted by Gasteiger charge is -2.09. The molecule has 1 unspecified atom stereocenters. The zero-order valence-corrected chi connectivity index (χ0v) is 11.2. The summed E-state index contributed by atoms with van der Waals surface area (Å²) < 4.78 is 18.8. The molecule has 0 aliphatic carbocycles. The van der Waals surface area contributed by atoms with E-state index in [9.17, 15) is 9.50 Å². The van der Waals surface area contributed by atoms with Crippen molar-refractivity contribution in [3.05, 3.63) is 64.4 Å². The summed E-state index contributed by atoms with van der Waals surface area (Å²) in [5.41, 5.74) is 1.41. The molecule has 2 rings (SSSR count). The van der Waals surface area contributed by atoms with E-state index in [1.807, 2.05) is 0 Å². The minimum absolute atomic E-state index is 0.0862. The van der Waals surface area contributed by atoms with E-state index in [1.54, 1.807) is 43.3 Å². The molecule has 2 aromatic rings. The Balaban J connectivity index is 2.04. The molecule has 100 valence electrons. The Bertz CT molecular complexity index is 553. The molecule has 19 heavy (non-hydrogen) atoms. The topological polar surface area (TPSA) is 29.5 Å². The van der Waals surface area contributed by atoms with Crippen LogP contribution >= 0.6 is 11.6 Å². The van der Waals surface area contributed by atoms with Crippen LogP contribution < -0.4 is 4.74 Å². The van der Waals surface area contributed by atoms with Crippen molar-refractivity contribution in [2.24, 2.45) is 0 Å². The van der Waals surface area contributed by atoms with Crippen LogP contribution in [0.3, 0.4) is 0 Å². The van der Waals surface area contributed by atoms with Gasteiger partial charge in [0.25, 0.3) is 0 Å². The average Bonchev–Trinajstić information content (AvgIpc) is 2.41. The molecule has 0 fully saturated rings. The van der Waals surface area contributed by atoms with Gasteiger partial charge in [0.1, 0.15) is 18.2 Å². The summed E-state index contributed by atoms with van der Waals surface area (Å²) in [6, 6.07) is 11.7. The van der Waals surface area contributed by atoms with Crippen LogP contribution in [0.5, 0.6) is 5.75 Å². The van der Waals surface area contributed by atoms with Gasteiger partial charge in [-0.15, -0.1) is 0 Å². The molecular weight excluding hydrogens is 267 g/mol. The predicted molar refractivity (Wildman–Crippen MR) is 72.8 cm³/mol. The van der Waals surface area contributed by atoms with Crippen molar-refractivity contribution >= 4 is 11.6 Å². The molecular formula is C15H14ClFO2. The van der Waals surface area contributed by atoms with Crippen molar-refractivity contribution < 1.29 is 14.2 Å². The lowest BCUT2D eigenvalue weighted by Crippen LogP contribution is -1.98. The summed E-state index contributed by atoms with van der Waals surface area (Å²) in [5.74, 6) is 0.192.